The Hall–Kier alpha value is -4.82. The van der Waals surface area contributed by atoms with Gasteiger partial charge in [0.15, 0.2) is 0 Å². The van der Waals surface area contributed by atoms with Gasteiger partial charge in [-0.1, -0.05) is 91.6 Å². The van der Waals surface area contributed by atoms with E-state index < -0.39 is 0 Å². The van der Waals surface area contributed by atoms with Crippen LogP contribution in [0.3, 0.4) is 0 Å². The van der Waals surface area contributed by atoms with Crippen molar-refractivity contribution in [1.29, 1.82) is 0 Å². The van der Waals surface area contributed by atoms with Crippen LogP contribution in [0.4, 0.5) is 0 Å². The number of rotatable bonds is 6. The Kier molecular flexibility index (Phi) is 5.94. The first-order chi connectivity index (χ1) is 18.7. The first kappa shape index (κ1) is 23.6. The maximum atomic E-state index is 4.21. The summed E-state index contributed by atoms with van der Waals surface area (Å²) in [5, 5.41) is 6.23. The summed E-state index contributed by atoms with van der Waals surface area (Å²) < 4.78 is 4.64. The van der Waals surface area contributed by atoms with Gasteiger partial charge in [0.2, 0.25) is 0 Å². The van der Waals surface area contributed by atoms with Crippen LogP contribution in [0.25, 0.3) is 67.5 Å². The van der Waals surface area contributed by atoms with Crippen molar-refractivity contribution in [1.82, 2.24) is 9.13 Å². The lowest BCUT2D eigenvalue weighted by Crippen LogP contribution is -1.97. The molecular weight excluding hydrogens is 460 g/mol. The normalized spacial score (nSPS) is 12.4. The van der Waals surface area contributed by atoms with E-state index in [9.17, 15) is 0 Å². The molecule has 0 radical (unpaired) electrons. The van der Waals surface area contributed by atoms with Crippen LogP contribution >= 0.6 is 0 Å². The van der Waals surface area contributed by atoms with Crippen LogP contribution < -0.4 is 0 Å². The minimum absolute atomic E-state index is 1.10. The van der Waals surface area contributed by atoms with Crippen LogP contribution in [-0.2, 0) is 0 Å². The van der Waals surface area contributed by atoms with Gasteiger partial charge in [-0.2, -0.15) is 0 Å². The van der Waals surface area contributed by atoms with E-state index in [1.807, 2.05) is 18.2 Å². The second kappa shape index (κ2) is 9.57. The Morgan fingerprint density at radius 3 is 2.32 bits per heavy atom. The lowest BCUT2D eigenvalue weighted by Gasteiger charge is -2.10. The highest BCUT2D eigenvalue weighted by molar-refractivity contribution is 6.23. The van der Waals surface area contributed by atoms with E-state index >= 15 is 0 Å². The second-order valence-electron chi connectivity index (χ2n) is 9.57. The van der Waals surface area contributed by atoms with Crippen molar-refractivity contribution in [2.45, 2.75) is 13.8 Å². The molecule has 0 N–H and O–H groups in total. The summed E-state index contributed by atoms with van der Waals surface area (Å²) in [5.74, 6) is 0. The zero-order valence-corrected chi connectivity index (χ0v) is 21.9. The quantitative estimate of drug-likeness (QED) is 0.206. The summed E-state index contributed by atoms with van der Waals surface area (Å²) in [4.78, 5) is 0. The van der Waals surface area contributed by atoms with Crippen molar-refractivity contribution in [3.8, 4) is 5.69 Å². The predicted octanol–water partition coefficient (Wildman–Crippen LogP) is 10.1. The van der Waals surface area contributed by atoms with Crippen LogP contribution in [-0.4, -0.2) is 9.13 Å². The molecule has 4 aromatic carbocycles. The highest BCUT2D eigenvalue weighted by Gasteiger charge is 2.19. The topological polar surface area (TPSA) is 9.86 Å². The molecule has 0 spiro atoms. The Morgan fingerprint density at radius 1 is 0.737 bits per heavy atom. The second-order valence-corrected chi connectivity index (χ2v) is 9.57. The molecule has 38 heavy (non-hydrogen) atoms. The third-order valence-electron chi connectivity index (χ3n) is 7.27. The van der Waals surface area contributed by atoms with Gasteiger partial charge < -0.3 is 9.13 Å². The summed E-state index contributed by atoms with van der Waals surface area (Å²) >= 11 is 0. The lowest BCUT2D eigenvalue weighted by atomic mass is 10.0. The highest BCUT2D eigenvalue weighted by atomic mass is 15.0. The van der Waals surface area contributed by atoms with E-state index in [-0.39, 0.29) is 0 Å². The molecule has 2 aromatic heterocycles. The van der Waals surface area contributed by atoms with E-state index in [4.69, 9.17) is 0 Å². The van der Waals surface area contributed by atoms with Crippen molar-refractivity contribution >= 4 is 61.8 Å². The van der Waals surface area contributed by atoms with Crippen molar-refractivity contribution in [3.05, 3.63) is 133 Å². The third kappa shape index (κ3) is 3.65. The zero-order valence-electron chi connectivity index (χ0n) is 21.9. The summed E-state index contributed by atoms with van der Waals surface area (Å²) in [6.07, 6.45) is 16.2. The average Bonchev–Trinajstić information content (AvgIpc) is 3.42. The number of aromatic nitrogens is 2. The fraction of sp³-hybridized carbons (Fsp3) is 0.0556. The number of fused-ring (bicyclic) bond motifs is 6. The van der Waals surface area contributed by atoms with Gasteiger partial charge in [-0.15, -0.1) is 0 Å². The van der Waals surface area contributed by atoms with Crippen molar-refractivity contribution in [2.75, 3.05) is 0 Å². The number of allylic oxidation sites excluding steroid dienone is 5. The van der Waals surface area contributed by atoms with Crippen molar-refractivity contribution in [3.63, 3.8) is 0 Å². The molecule has 184 valence electrons. The minimum Gasteiger partial charge on any atom is -0.316 e. The Morgan fingerprint density at radius 2 is 1.55 bits per heavy atom. The van der Waals surface area contributed by atoms with Gasteiger partial charge in [-0.3, -0.25) is 0 Å². The summed E-state index contributed by atoms with van der Waals surface area (Å²) in [7, 11) is 0. The van der Waals surface area contributed by atoms with Gasteiger partial charge in [-0.05, 0) is 67.1 Å². The fourth-order valence-corrected chi connectivity index (χ4v) is 5.59. The average molecular weight is 491 g/mol. The van der Waals surface area contributed by atoms with Crippen LogP contribution in [0, 0.1) is 6.92 Å². The monoisotopic (exact) mass is 490 g/mol. The molecule has 0 saturated heterocycles. The Labute approximate surface area is 223 Å². The molecule has 2 heterocycles. The summed E-state index contributed by atoms with van der Waals surface area (Å²) in [5.41, 5.74) is 8.17. The standard InChI is InChI=1S/C36H30N2/c1-5-8-9-12-22-37-33-21-18-26-14-10-11-15-28(26)36(33)31-23-30-29(13-6-2)32(7-3)38(35(30)24-34(31)37)27-19-16-25(4)17-20-27/h5-24H,1,3H2,2,4H3/b9-8-,13-6-,22-12-. The van der Waals surface area contributed by atoms with Crippen molar-refractivity contribution < 1.29 is 0 Å². The molecule has 0 atom stereocenters. The molecule has 0 bridgehead atoms. The summed E-state index contributed by atoms with van der Waals surface area (Å²) in [6, 6.07) is 26.5. The summed E-state index contributed by atoms with van der Waals surface area (Å²) in [6.45, 7) is 12.2. The molecule has 6 rings (SSSR count). The Balaban J connectivity index is 1.81. The molecular formula is C36H30N2. The van der Waals surface area contributed by atoms with Crippen LogP contribution in [0.1, 0.15) is 23.7 Å². The van der Waals surface area contributed by atoms with Gasteiger partial charge in [0.25, 0.3) is 0 Å². The van der Waals surface area contributed by atoms with E-state index in [1.165, 1.54) is 49.1 Å². The largest absolute Gasteiger partial charge is 0.316 e. The molecule has 0 aliphatic carbocycles. The predicted molar refractivity (Wildman–Crippen MR) is 168 cm³/mol. The van der Waals surface area contributed by atoms with E-state index in [2.05, 4.69) is 133 Å². The number of hydrogen-bond acceptors (Lipinski definition) is 0. The number of nitrogens with zero attached hydrogens (tertiary/aromatic N) is 2. The SMILES string of the molecule is C=C/C=C\C=C/n1c2cc3c(cc2c2c4ccccc4ccc21)c(/C=C\C)c(C=C)n3-c1ccc(C)cc1. The van der Waals surface area contributed by atoms with Gasteiger partial charge in [0.05, 0.1) is 22.2 Å². The number of hydrogen-bond donors (Lipinski definition) is 0. The maximum absolute atomic E-state index is 4.21. The van der Waals surface area contributed by atoms with Gasteiger partial charge >= 0.3 is 0 Å². The lowest BCUT2D eigenvalue weighted by molar-refractivity contribution is 1.10. The molecule has 0 saturated carbocycles. The zero-order chi connectivity index (χ0) is 26.2. The van der Waals surface area contributed by atoms with Gasteiger partial charge in [0, 0.05) is 33.6 Å². The number of benzene rings is 4. The number of aryl methyl sites for hydroxylation is 1. The molecule has 0 fully saturated rings. The van der Waals surface area contributed by atoms with Crippen LogP contribution in [0.2, 0.25) is 0 Å². The van der Waals surface area contributed by atoms with Crippen LogP contribution in [0.5, 0.6) is 0 Å². The van der Waals surface area contributed by atoms with Gasteiger partial charge in [-0.25, -0.2) is 0 Å². The highest BCUT2D eigenvalue weighted by Crippen LogP contribution is 2.40. The van der Waals surface area contributed by atoms with E-state index in [0.29, 0.717) is 0 Å². The van der Waals surface area contributed by atoms with E-state index in [1.54, 1.807) is 6.08 Å². The third-order valence-corrected chi connectivity index (χ3v) is 7.27. The molecule has 2 heteroatoms. The minimum atomic E-state index is 1.10. The molecule has 0 unspecified atom stereocenters. The maximum Gasteiger partial charge on any atom is 0.0562 e. The molecule has 0 aliphatic heterocycles. The molecule has 0 amide bonds. The smallest absolute Gasteiger partial charge is 0.0562 e. The first-order valence-electron chi connectivity index (χ1n) is 13.0. The molecule has 0 aliphatic rings. The van der Waals surface area contributed by atoms with Crippen LogP contribution in [0.15, 0.2) is 116 Å². The Bertz CT molecular complexity index is 1950. The van der Waals surface area contributed by atoms with Crippen molar-refractivity contribution in [2.24, 2.45) is 0 Å². The molecule has 2 nitrogen and oxygen atoms in total. The molecule has 6 aromatic rings. The fourth-order valence-electron chi connectivity index (χ4n) is 5.59. The van der Waals surface area contributed by atoms with Gasteiger partial charge in [0.1, 0.15) is 0 Å². The van der Waals surface area contributed by atoms with E-state index in [0.717, 1.165) is 16.9 Å². The first-order valence-corrected chi connectivity index (χ1v) is 13.0.